The van der Waals surface area contributed by atoms with Crippen molar-refractivity contribution >= 4 is 0 Å². The lowest BCUT2D eigenvalue weighted by Crippen LogP contribution is -2.34. The first-order chi connectivity index (χ1) is 10.0. The van der Waals surface area contributed by atoms with E-state index in [0.29, 0.717) is 12.5 Å². The van der Waals surface area contributed by atoms with Crippen molar-refractivity contribution in [2.75, 3.05) is 6.54 Å². The summed E-state index contributed by atoms with van der Waals surface area (Å²) in [5.41, 5.74) is 6.81. The van der Waals surface area contributed by atoms with E-state index in [-0.39, 0.29) is 11.5 Å². The molecule has 3 unspecified atom stereocenters. The van der Waals surface area contributed by atoms with Crippen LogP contribution in [0.2, 0.25) is 0 Å². The van der Waals surface area contributed by atoms with Crippen LogP contribution in [0.25, 0.3) is 0 Å². The average Bonchev–Trinajstić information content (AvgIpc) is 2.91. The average molecular weight is 291 g/mol. The van der Waals surface area contributed by atoms with Crippen molar-refractivity contribution in [3.8, 4) is 5.75 Å². The number of aliphatic hydroxyl groups excluding tert-OH is 1. The summed E-state index contributed by atoms with van der Waals surface area (Å²) in [7, 11) is 0. The van der Waals surface area contributed by atoms with Gasteiger partial charge < -0.3 is 15.6 Å². The first-order valence-electron chi connectivity index (χ1n) is 8.15. The van der Waals surface area contributed by atoms with E-state index in [1.165, 1.54) is 12.8 Å². The third kappa shape index (κ3) is 3.58. The van der Waals surface area contributed by atoms with Gasteiger partial charge in [-0.15, -0.1) is 0 Å². The first-order valence-corrected chi connectivity index (χ1v) is 8.15. The minimum Gasteiger partial charge on any atom is -0.491 e. The van der Waals surface area contributed by atoms with Crippen LogP contribution in [0, 0.1) is 11.3 Å². The van der Waals surface area contributed by atoms with Crippen molar-refractivity contribution in [1.82, 2.24) is 0 Å². The molecule has 0 radical (unpaired) electrons. The fourth-order valence-electron chi connectivity index (χ4n) is 3.55. The Bertz CT molecular complexity index is 460. The molecule has 1 aromatic rings. The Morgan fingerprint density at radius 3 is 2.76 bits per heavy atom. The van der Waals surface area contributed by atoms with Crippen LogP contribution in [0.4, 0.5) is 0 Å². The van der Waals surface area contributed by atoms with Crippen molar-refractivity contribution in [3.63, 3.8) is 0 Å². The zero-order chi connectivity index (χ0) is 15.5. The summed E-state index contributed by atoms with van der Waals surface area (Å²) in [6, 6.07) is 7.83. The topological polar surface area (TPSA) is 55.5 Å². The number of hydrogen-bond donors (Lipinski definition) is 2. The van der Waals surface area contributed by atoms with Crippen molar-refractivity contribution in [1.29, 1.82) is 0 Å². The molecule has 0 aliphatic heterocycles. The summed E-state index contributed by atoms with van der Waals surface area (Å²) >= 11 is 0. The molecular formula is C18H29NO2. The van der Waals surface area contributed by atoms with Gasteiger partial charge in [0.25, 0.3) is 0 Å². The standard InChI is InChI=1S/C18H29NO2/c1-4-14-8-9-18(11-14,12-19)17(20)15-6-5-7-16(10-15)21-13(2)3/h5-7,10,13-14,17,20H,4,8-9,11-12,19H2,1-3H3. The molecule has 0 spiro atoms. The van der Waals surface area contributed by atoms with E-state index >= 15 is 0 Å². The first kappa shape index (κ1) is 16.3. The molecule has 3 heteroatoms. The minimum atomic E-state index is -0.505. The van der Waals surface area contributed by atoms with Crippen LogP contribution < -0.4 is 10.5 Å². The molecule has 3 nitrogen and oxygen atoms in total. The van der Waals surface area contributed by atoms with Crippen molar-refractivity contribution < 1.29 is 9.84 Å². The fraction of sp³-hybridized carbons (Fsp3) is 0.667. The Morgan fingerprint density at radius 1 is 1.43 bits per heavy atom. The monoisotopic (exact) mass is 291 g/mol. The molecule has 1 aliphatic carbocycles. The second-order valence-electron chi connectivity index (χ2n) is 6.73. The Kier molecular flexibility index (Phi) is 5.28. The van der Waals surface area contributed by atoms with Crippen molar-refractivity contribution in [3.05, 3.63) is 29.8 Å². The van der Waals surface area contributed by atoms with Gasteiger partial charge in [-0.3, -0.25) is 0 Å². The molecule has 1 aliphatic rings. The SMILES string of the molecule is CCC1CCC(CN)(C(O)c2cccc(OC(C)C)c2)C1. The quantitative estimate of drug-likeness (QED) is 0.841. The molecule has 1 fully saturated rings. The van der Waals surface area contributed by atoms with Gasteiger partial charge in [0.05, 0.1) is 12.2 Å². The molecular weight excluding hydrogens is 262 g/mol. The summed E-state index contributed by atoms with van der Waals surface area (Å²) in [6.45, 7) is 6.78. The molecule has 0 saturated heterocycles. The van der Waals surface area contributed by atoms with E-state index in [9.17, 15) is 5.11 Å². The summed E-state index contributed by atoms with van der Waals surface area (Å²) in [5, 5.41) is 10.9. The molecule has 1 saturated carbocycles. The number of rotatable bonds is 6. The van der Waals surface area contributed by atoms with E-state index < -0.39 is 6.10 Å². The highest BCUT2D eigenvalue weighted by atomic mass is 16.5. The third-order valence-electron chi connectivity index (χ3n) is 4.86. The van der Waals surface area contributed by atoms with E-state index in [1.807, 2.05) is 38.1 Å². The molecule has 0 aromatic heterocycles. The molecule has 1 aromatic carbocycles. The fourth-order valence-corrected chi connectivity index (χ4v) is 3.55. The zero-order valence-corrected chi connectivity index (χ0v) is 13.5. The Balaban J connectivity index is 2.20. The number of benzene rings is 1. The summed E-state index contributed by atoms with van der Waals surface area (Å²) in [5.74, 6) is 1.51. The van der Waals surface area contributed by atoms with Gasteiger partial charge in [-0.1, -0.05) is 25.5 Å². The smallest absolute Gasteiger partial charge is 0.120 e. The lowest BCUT2D eigenvalue weighted by atomic mass is 9.76. The summed E-state index contributed by atoms with van der Waals surface area (Å²) in [4.78, 5) is 0. The molecule has 0 amide bonds. The lowest BCUT2D eigenvalue weighted by molar-refractivity contribution is 0.0299. The van der Waals surface area contributed by atoms with Crippen molar-refractivity contribution in [2.24, 2.45) is 17.1 Å². The van der Waals surface area contributed by atoms with Gasteiger partial charge in [-0.05, 0) is 56.7 Å². The van der Waals surface area contributed by atoms with Crippen LogP contribution in [-0.2, 0) is 0 Å². The highest BCUT2D eigenvalue weighted by Crippen LogP contribution is 2.50. The van der Waals surface area contributed by atoms with E-state index in [1.54, 1.807) is 0 Å². The van der Waals surface area contributed by atoms with Gasteiger partial charge in [0, 0.05) is 12.0 Å². The van der Waals surface area contributed by atoms with Gasteiger partial charge >= 0.3 is 0 Å². The molecule has 21 heavy (non-hydrogen) atoms. The Morgan fingerprint density at radius 2 is 2.19 bits per heavy atom. The number of hydrogen-bond acceptors (Lipinski definition) is 3. The maximum absolute atomic E-state index is 10.9. The van der Waals surface area contributed by atoms with Gasteiger partial charge in [0.15, 0.2) is 0 Å². The van der Waals surface area contributed by atoms with Gasteiger partial charge in [0.2, 0.25) is 0 Å². The Hall–Kier alpha value is -1.06. The van der Waals surface area contributed by atoms with Crippen LogP contribution in [0.1, 0.15) is 58.1 Å². The third-order valence-corrected chi connectivity index (χ3v) is 4.86. The predicted octanol–water partition coefficient (Wildman–Crippen LogP) is 3.66. The molecule has 0 heterocycles. The zero-order valence-electron chi connectivity index (χ0n) is 13.5. The Labute approximate surface area is 128 Å². The molecule has 118 valence electrons. The van der Waals surface area contributed by atoms with Crippen molar-refractivity contribution in [2.45, 2.75) is 58.7 Å². The van der Waals surface area contributed by atoms with Crippen LogP contribution in [0.5, 0.6) is 5.75 Å². The molecule has 3 atom stereocenters. The highest BCUT2D eigenvalue weighted by molar-refractivity contribution is 5.31. The molecule has 2 rings (SSSR count). The van der Waals surface area contributed by atoms with Gasteiger partial charge in [0.1, 0.15) is 5.75 Å². The lowest BCUT2D eigenvalue weighted by Gasteiger charge is -2.34. The summed E-state index contributed by atoms with van der Waals surface area (Å²) < 4.78 is 5.73. The van der Waals surface area contributed by atoms with Crippen LogP contribution >= 0.6 is 0 Å². The molecule has 0 bridgehead atoms. The number of nitrogens with two attached hydrogens (primary N) is 1. The van der Waals surface area contributed by atoms with E-state index in [0.717, 1.165) is 24.2 Å². The highest BCUT2D eigenvalue weighted by Gasteiger charge is 2.43. The number of aliphatic hydroxyl groups is 1. The maximum atomic E-state index is 10.9. The second-order valence-corrected chi connectivity index (χ2v) is 6.73. The number of ether oxygens (including phenoxy) is 1. The van der Waals surface area contributed by atoms with Crippen LogP contribution in [0.3, 0.4) is 0 Å². The van der Waals surface area contributed by atoms with Crippen LogP contribution in [-0.4, -0.2) is 17.8 Å². The van der Waals surface area contributed by atoms with Crippen LogP contribution in [0.15, 0.2) is 24.3 Å². The maximum Gasteiger partial charge on any atom is 0.120 e. The molecule has 3 N–H and O–H groups in total. The predicted molar refractivity (Wildman–Crippen MR) is 86.3 cm³/mol. The van der Waals surface area contributed by atoms with E-state index in [2.05, 4.69) is 6.92 Å². The minimum absolute atomic E-state index is 0.136. The van der Waals surface area contributed by atoms with E-state index in [4.69, 9.17) is 10.5 Å². The summed E-state index contributed by atoms with van der Waals surface area (Å²) in [6.07, 6.45) is 4.01. The van der Waals surface area contributed by atoms with Gasteiger partial charge in [-0.2, -0.15) is 0 Å². The van der Waals surface area contributed by atoms with Gasteiger partial charge in [-0.25, -0.2) is 0 Å². The second kappa shape index (κ2) is 6.80. The normalized spacial score (nSPS) is 27.0. The largest absolute Gasteiger partial charge is 0.491 e.